The van der Waals surface area contributed by atoms with E-state index in [-0.39, 0.29) is 12.3 Å². The summed E-state index contributed by atoms with van der Waals surface area (Å²) in [5.41, 5.74) is 9.06. The summed E-state index contributed by atoms with van der Waals surface area (Å²) in [6.07, 6.45) is 3.09. The fourth-order valence-electron chi connectivity index (χ4n) is 4.49. The molecule has 3 aromatic rings. The maximum absolute atomic E-state index is 13.2. The molecule has 1 aliphatic heterocycles. The largest absolute Gasteiger partial charge is 0.469 e. The molecule has 196 valence electrons. The van der Waals surface area contributed by atoms with Crippen LogP contribution in [0.1, 0.15) is 41.6 Å². The highest BCUT2D eigenvalue weighted by atomic mass is 16.5. The number of esters is 1. The fourth-order valence-corrected chi connectivity index (χ4v) is 4.49. The van der Waals surface area contributed by atoms with Gasteiger partial charge >= 0.3 is 5.97 Å². The van der Waals surface area contributed by atoms with E-state index in [1.165, 1.54) is 7.11 Å². The first-order valence-corrected chi connectivity index (χ1v) is 12.4. The Balaban J connectivity index is 1.62. The molecule has 2 heterocycles. The van der Waals surface area contributed by atoms with E-state index in [1.54, 1.807) is 17.3 Å². The van der Waals surface area contributed by atoms with Gasteiger partial charge in [-0.1, -0.05) is 36.4 Å². The lowest BCUT2D eigenvalue weighted by Gasteiger charge is -2.28. The average Bonchev–Trinajstić information content (AvgIpc) is 3.39. The SMILES string of the molecule is COC(=O)C[C@@H]1Nc2ccc([C@H](O)N(Cc3ccccc3)Cc3ncc[nH]3)cc2CN(CCCN)C1=O. The van der Waals surface area contributed by atoms with Gasteiger partial charge in [-0.2, -0.15) is 0 Å². The van der Waals surface area contributed by atoms with Gasteiger partial charge in [0, 0.05) is 37.7 Å². The number of hydrogen-bond donors (Lipinski definition) is 4. The number of ether oxygens (including phenoxy) is 1. The van der Waals surface area contributed by atoms with E-state index in [2.05, 4.69) is 15.3 Å². The standard InChI is InChI=1S/C27H34N6O4/c1-37-25(34)15-23-27(36)32(13-5-10-28)17-21-14-20(8-9-22(21)31-23)26(35)33(18-24-29-11-12-30-24)16-19-6-3-2-4-7-19/h2-4,6-9,11-12,14,23,26,31,35H,5,10,13,15-18,28H2,1H3,(H,29,30)/t23-,26-/m0/s1. The highest BCUT2D eigenvalue weighted by Gasteiger charge is 2.31. The zero-order chi connectivity index (χ0) is 26.2. The molecule has 37 heavy (non-hydrogen) atoms. The minimum absolute atomic E-state index is 0.0771. The molecule has 0 radical (unpaired) electrons. The van der Waals surface area contributed by atoms with Crippen LogP contribution in [0, 0.1) is 0 Å². The molecule has 10 heteroatoms. The summed E-state index contributed by atoms with van der Waals surface area (Å²) in [5, 5.41) is 14.7. The monoisotopic (exact) mass is 506 g/mol. The number of hydrogen-bond acceptors (Lipinski definition) is 8. The molecule has 10 nitrogen and oxygen atoms in total. The Morgan fingerprint density at radius 3 is 2.78 bits per heavy atom. The van der Waals surface area contributed by atoms with Crippen LogP contribution in [0.5, 0.6) is 0 Å². The lowest BCUT2D eigenvalue weighted by molar-refractivity contribution is -0.144. The van der Waals surface area contributed by atoms with Crippen LogP contribution in [0.25, 0.3) is 0 Å². The number of amides is 1. The van der Waals surface area contributed by atoms with Crippen molar-refractivity contribution in [2.45, 2.75) is 44.7 Å². The zero-order valence-corrected chi connectivity index (χ0v) is 21.0. The molecular formula is C27H34N6O4. The molecule has 0 spiro atoms. The molecule has 5 N–H and O–H groups in total. The number of aromatic amines is 1. The molecule has 2 atom stereocenters. The second-order valence-electron chi connectivity index (χ2n) is 9.10. The summed E-state index contributed by atoms with van der Waals surface area (Å²) in [7, 11) is 1.31. The molecule has 2 aromatic carbocycles. The van der Waals surface area contributed by atoms with E-state index in [1.807, 2.05) is 53.4 Å². The van der Waals surface area contributed by atoms with Gasteiger partial charge in [0.1, 0.15) is 18.1 Å². The van der Waals surface area contributed by atoms with Crippen molar-refractivity contribution < 1.29 is 19.4 Å². The minimum atomic E-state index is -0.919. The van der Waals surface area contributed by atoms with Crippen molar-refractivity contribution in [3.63, 3.8) is 0 Å². The van der Waals surface area contributed by atoms with Crippen LogP contribution in [0.2, 0.25) is 0 Å². The molecule has 0 saturated heterocycles. The molecule has 0 fully saturated rings. The number of rotatable bonds is 11. The number of nitrogens with one attached hydrogen (secondary N) is 2. The van der Waals surface area contributed by atoms with Crippen LogP contribution in [-0.4, -0.2) is 63.0 Å². The van der Waals surface area contributed by atoms with E-state index in [9.17, 15) is 14.7 Å². The Hall–Kier alpha value is -3.73. The fraction of sp³-hybridized carbons (Fsp3) is 0.370. The number of aromatic nitrogens is 2. The summed E-state index contributed by atoms with van der Waals surface area (Å²) in [4.78, 5) is 36.3. The molecule has 0 aliphatic carbocycles. The van der Waals surface area contributed by atoms with Crippen molar-refractivity contribution in [2.75, 3.05) is 25.5 Å². The Morgan fingerprint density at radius 2 is 2.08 bits per heavy atom. The number of fused-ring (bicyclic) bond motifs is 1. The Morgan fingerprint density at radius 1 is 1.27 bits per heavy atom. The smallest absolute Gasteiger partial charge is 0.308 e. The van der Waals surface area contributed by atoms with Crippen molar-refractivity contribution in [3.8, 4) is 0 Å². The van der Waals surface area contributed by atoms with Gasteiger partial charge in [0.25, 0.3) is 0 Å². The molecular weight excluding hydrogens is 472 g/mol. The van der Waals surface area contributed by atoms with Crippen molar-refractivity contribution in [3.05, 3.63) is 83.4 Å². The van der Waals surface area contributed by atoms with Crippen molar-refractivity contribution in [1.82, 2.24) is 19.8 Å². The van der Waals surface area contributed by atoms with Gasteiger partial charge in [-0.3, -0.25) is 14.5 Å². The minimum Gasteiger partial charge on any atom is -0.469 e. The highest BCUT2D eigenvalue weighted by molar-refractivity contribution is 5.90. The van der Waals surface area contributed by atoms with Crippen molar-refractivity contribution >= 4 is 17.6 Å². The third-order valence-corrected chi connectivity index (χ3v) is 6.44. The van der Waals surface area contributed by atoms with Gasteiger partial charge in [0.2, 0.25) is 5.91 Å². The number of benzene rings is 2. The van der Waals surface area contributed by atoms with Gasteiger partial charge in [-0.05, 0) is 41.8 Å². The number of H-pyrrole nitrogens is 1. The van der Waals surface area contributed by atoms with E-state index in [4.69, 9.17) is 10.5 Å². The molecule has 1 aromatic heterocycles. The summed E-state index contributed by atoms with van der Waals surface area (Å²) >= 11 is 0. The summed E-state index contributed by atoms with van der Waals surface area (Å²) in [6.45, 7) is 2.20. The maximum atomic E-state index is 13.2. The summed E-state index contributed by atoms with van der Waals surface area (Å²) in [5.74, 6) is 0.103. The van der Waals surface area contributed by atoms with Crippen LogP contribution < -0.4 is 11.1 Å². The Kier molecular flexibility index (Phi) is 8.89. The number of aliphatic hydroxyl groups is 1. The van der Waals surface area contributed by atoms with Gasteiger partial charge in [0.05, 0.1) is 20.1 Å². The number of carbonyl (C=O) groups is 2. The van der Waals surface area contributed by atoms with Crippen LogP contribution in [0.15, 0.2) is 60.9 Å². The molecule has 1 aliphatic rings. The molecule has 4 rings (SSSR count). The van der Waals surface area contributed by atoms with Gasteiger partial charge < -0.3 is 30.8 Å². The van der Waals surface area contributed by atoms with Gasteiger partial charge in [0.15, 0.2) is 0 Å². The third-order valence-electron chi connectivity index (χ3n) is 6.44. The average molecular weight is 507 g/mol. The van der Waals surface area contributed by atoms with Crippen molar-refractivity contribution in [2.24, 2.45) is 5.73 Å². The van der Waals surface area contributed by atoms with Gasteiger partial charge in [-0.15, -0.1) is 0 Å². The summed E-state index contributed by atoms with van der Waals surface area (Å²) < 4.78 is 4.80. The van der Waals surface area contributed by atoms with Crippen LogP contribution >= 0.6 is 0 Å². The number of methoxy groups -OCH3 is 1. The lowest BCUT2D eigenvalue weighted by atomic mass is 10.1. The van der Waals surface area contributed by atoms with Crippen LogP contribution in [0.3, 0.4) is 0 Å². The molecule has 0 bridgehead atoms. The maximum Gasteiger partial charge on any atom is 0.308 e. The third kappa shape index (κ3) is 6.73. The molecule has 0 unspecified atom stereocenters. The zero-order valence-electron chi connectivity index (χ0n) is 21.0. The Labute approximate surface area is 216 Å². The van der Waals surface area contributed by atoms with E-state index < -0.39 is 18.2 Å². The second-order valence-corrected chi connectivity index (χ2v) is 9.10. The number of carbonyl (C=O) groups excluding carboxylic acids is 2. The quantitative estimate of drug-likeness (QED) is 0.229. The molecule has 0 saturated carbocycles. The van der Waals surface area contributed by atoms with E-state index in [0.29, 0.717) is 44.7 Å². The first-order chi connectivity index (χ1) is 18.0. The van der Waals surface area contributed by atoms with Crippen LogP contribution in [0.4, 0.5) is 5.69 Å². The number of imidazole rings is 1. The summed E-state index contributed by atoms with van der Waals surface area (Å²) in [6, 6.07) is 14.8. The topological polar surface area (TPSA) is 137 Å². The lowest BCUT2D eigenvalue weighted by Crippen LogP contribution is -2.42. The normalized spacial score (nSPS) is 16.2. The number of anilines is 1. The van der Waals surface area contributed by atoms with Gasteiger partial charge in [-0.25, -0.2) is 4.98 Å². The number of aliphatic hydroxyl groups excluding tert-OH is 1. The highest BCUT2D eigenvalue weighted by Crippen LogP contribution is 2.30. The Bertz CT molecular complexity index is 1170. The van der Waals surface area contributed by atoms with Crippen molar-refractivity contribution in [1.29, 1.82) is 0 Å². The first-order valence-electron chi connectivity index (χ1n) is 12.4. The van der Waals surface area contributed by atoms with E-state index >= 15 is 0 Å². The van der Waals surface area contributed by atoms with Crippen LogP contribution in [-0.2, 0) is 34.0 Å². The number of nitrogens with two attached hydrogens (primary N) is 1. The first kappa shape index (κ1) is 26.3. The predicted molar refractivity (Wildman–Crippen MR) is 139 cm³/mol. The number of nitrogens with zero attached hydrogens (tertiary/aromatic N) is 3. The predicted octanol–water partition coefficient (Wildman–Crippen LogP) is 2.14. The van der Waals surface area contributed by atoms with E-state index in [0.717, 1.165) is 22.6 Å². The molecule has 1 amide bonds. The second kappa shape index (κ2) is 12.5.